The van der Waals surface area contributed by atoms with Crippen molar-refractivity contribution in [2.75, 3.05) is 17.6 Å². The smallest absolute Gasteiger partial charge is 0.131 e. The first-order valence-corrected chi connectivity index (χ1v) is 5.96. The zero-order chi connectivity index (χ0) is 9.97. The van der Waals surface area contributed by atoms with Crippen LogP contribution in [0.5, 0.6) is 0 Å². The molecule has 0 amide bonds. The zero-order valence-corrected chi connectivity index (χ0v) is 9.24. The second-order valence-electron chi connectivity index (χ2n) is 3.14. The minimum Gasteiger partial charge on any atom is -0.358 e. The normalized spacial score (nSPS) is 19.1. The van der Waals surface area contributed by atoms with Gasteiger partial charge in [0.05, 0.1) is 5.37 Å². The fraction of sp³-hybridized carbons (Fsp3) is 0.444. The summed E-state index contributed by atoms with van der Waals surface area (Å²) < 4.78 is 0. The van der Waals surface area contributed by atoms with E-state index < -0.39 is 0 Å². The van der Waals surface area contributed by atoms with Crippen molar-refractivity contribution in [3.05, 3.63) is 22.8 Å². The van der Waals surface area contributed by atoms with Crippen LogP contribution in [0.2, 0.25) is 5.15 Å². The first-order valence-electron chi connectivity index (χ1n) is 4.53. The number of nitrogens with two attached hydrogens (primary N) is 1. The van der Waals surface area contributed by atoms with Crippen molar-refractivity contribution >= 4 is 29.2 Å². The minimum atomic E-state index is 0.402. The summed E-state index contributed by atoms with van der Waals surface area (Å²) >= 11 is 7.62. The number of hydrogen-bond donors (Lipinski definition) is 2. The Morgan fingerprint density at radius 3 is 3.29 bits per heavy atom. The molecule has 0 radical (unpaired) electrons. The highest BCUT2D eigenvalue weighted by molar-refractivity contribution is 8.00. The van der Waals surface area contributed by atoms with Gasteiger partial charge in [-0.3, -0.25) is 0 Å². The zero-order valence-electron chi connectivity index (χ0n) is 7.66. The number of aromatic nitrogens is 1. The highest BCUT2D eigenvalue weighted by Crippen LogP contribution is 2.29. The summed E-state index contributed by atoms with van der Waals surface area (Å²) in [5, 5.41) is 4.27. The van der Waals surface area contributed by atoms with Gasteiger partial charge in [0.1, 0.15) is 11.0 Å². The molecule has 1 aliphatic heterocycles. The standard InChI is InChI=1S/C9H12ClN3S/c10-7-2-1-6-5-8(14-4-3-11)13-9(6)12-7/h1-2,8H,3-5,11H2,(H,12,13). The maximum Gasteiger partial charge on any atom is 0.131 e. The summed E-state index contributed by atoms with van der Waals surface area (Å²) in [6.07, 6.45) is 1.00. The van der Waals surface area contributed by atoms with Crippen molar-refractivity contribution in [1.82, 2.24) is 4.98 Å². The van der Waals surface area contributed by atoms with Crippen LogP contribution in [0.1, 0.15) is 5.56 Å². The van der Waals surface area contributed by atoms with E-state index in [1.54, 1.807) is 0 Å². The van der Waals surface area contributed by atoms with Crippen molar-refractivity contribution in [3.8, 4) is 0 Å². The number of rotatable bonds is 3. The van der Waals surface area contributed by atoms with Crippen LogP contribution in [0.15, 0.2) is 12.1 Å². The van der Waals surface area contributed by atoms with Gasteiger partial charge < -0.3 is 11.1 Å². The number of nitrogens with zero attached hydrogens (tertiary/aromatic N) is 1. The Morgan fingerprint density at radius 2 is 2.50 bits per heavy atom. The van der Waals surface area contributed by atoms with Crippen molar-refractivity contribution in [3.63, 3.8) is 0 Å². The molecular formula is C9H12ClN3S. The molecule has 3 nitrogen and oxygen atoms in total. The van der Waals surface area contributed by atoms with Crippen molar-refractivity contribution in [1.29, 1.82) is 0 Å². The van der Waals surface area contributed by atoms with Gasteiger partial charge in [-0.05, 0) is 11.6 Å². The molecule has 0 spiro atoms. The summed E-state index contributed by atoms with van der Waals surface area (Å²) in [7, 11) is 0. The molecule has 0 aromatic carbocycles. The lowest BCUT2D eigenvalue weighted by Gasteiger charge is -2.08. The highest BCUT2D eigenvalue weighted by atomic mass is 35.5. The second kappa shape index (κ2) is 4.38. The maximum atomic E-state index is 5.80. The molecule has 0 saturated heterocycles. The van der Waals surface area contributed by atoms with E-state index in [-0.39, 0.29) is 0 Å². The predicted molar refractivity (Wildman–Crippen MR) is 61.9 cm³/mol. The van der Waals surface area contributed by atoms with Crippen LogP contribution >= 0.6 is 23.4 Å². The molecule has 1 aliphatic rings. The van der Waals surface area contributed by atoms with Gasteiger partial charge in [0, 0.05) is 18.7 Å². The van der Waals surface area contributed by atoms with E-state index in [4.69, 9.17) is 17.3 Å². The lowest BCUT2D eigenvalue weighted by Crippen LogP contribution is -2.14. The van der Waals surface area contributed by atoms with Crippen molar-refractivity contribution < 1.29 is 0 Å². The Balaban J connectivity index is 2.03. The maximum absolute atomic E-state index is 5.80. The van der Waals surface area contributed by atoms with Gasteiger partial charge >= 0.3 is 0 Å². The van der Waals surface area contributed by atoms with Gasteiger partial charge in [0.15, 0.2) is 0 Å². The van der Waals surface area contributed by atoms with Crippen molar-refractivity contribution in [2.24, 2.45) is 5.73 Å². The Labute approximate surface area is 92.4 Å². The molecule has 2 heterocycles. The summed E-state index contributed by atoms with van der Waals surface area (Å²) in [6, 6.07) is 3.86. The molecule has 1 unspecified atom stereocenters. The van der Waals surface area contributed by atoms with Gasteiger partial charge in [0.25, 0.3) is 0 Å². The first-order chi connectivity index (χ1) is 6.79. The van der Waals surface area contributed by atoms with Gasteiger partial charge in [-0.1, -0.05) is 17.7 Å². The van der Waals surface area contributed by atoms with Gasteiger partial charge in [-0.25, -0.2) is 4.98 Å². The van der Waals surface area contributed by atoms with E-state index >= 15 is 0 Å². The molecule has 0 fully saturated rings. The van der Waals surface area contributed by atoms with Crippen LogP contribution in [0.3, 0.4) is 0 Å². The highest BCUT2D eigenvalue weighted by Gasteiger charge is 2.21. The lowest BCUT2D eigenvalue weighted by atomic mass is 10.2. The number of pyridine rings is 1. The topological polar surface area (TPSA) is 50.9 Å². The first kappa shape index (κ1) is 10.1. The average molecular weight is 230 g/mol. The van der Waals surface area contributed by atoms with Crippen LogP contribution in [-0.2, 0) is 6.42 Å². The number of hydrogen-bond acceptors (Lipinski definition) is 4. The summed E-state index contributed by atoms with van der Waals surface area (Å²) in [5.41, 5.74) is 6.69. The van der Waals surface area contributed by atoms with Crippen molar-refractivity contribution in [2.45, 2.75) is 11.8 Å². The Morgan fingerprint density at radius 1 is 1.64 bits per heavy atom. The van der Waals surface area contributed by atoms with Gasteiger partial charge in [0.2, 0.25) is 0 Å². The van der Waals surface area contributed by atoms with Gasteiger partial charge in [-0.2, -0.15) is 0 Å². The largest absolute Gasteiger partial charge is 0.358 e. The second-order valence-corrected chi connectivity index (χ2v) is 4.84. The number of nitrogens with one attached hydrogen (secondary N) is 1. The van der Waals surface area contributed by atoms with E-state index in [1.165, 1.54) is 5.56 Å². The number of thioether (sulfide) groups is 1. The molecule has 76 valence electrons. The molecule has 0 bridgehead atoms. The predicted octanol–water partition coefficient (Wildman–Crippen LogP) is 1.72. The SMILES string of the molecule is NCCSC1Cc2ccc(Cl)nc2N1. The third-order valence-corrected chi connectivity index (χ3v) is 3.45. The minimum absolute atomic E-state index is 0.402. The average Bonchev–Trinajstić information content (AvgIpc) is 2.56. The monoisotopic (exact) mass is 229 g/mol. The Bertz CT molecular complexity index is 332. The van der Waals surface area contributed by atoms with Crippen LogP contribution in [-0.4, -0.2) is 22.7 Å². The fourth-order valence-corrected chi connectivity index (χ4v) is 2.53. The van der Waals surface area contributed by atoms with E-state index in [9.17, 15) is 0 Å². The number of anilines is 1. The molecule has 3 N–H and O–H groups in total. The lowest BCUT2D eigenvalue weighted by molar-refractivity contribution is 1.02. The molecular weight excluding hydrogens is 218 g/mol. The Kier molecular flexibility index (Phi) is 3.15. The molecule has 14 heavy (non-hydrogen) atoms. The summed E-state index contributed by atoms with van der Waals surface area (Å²) in [4.78, 5) is 4.22. The third-order valence-electron chi connectivity index (χ3n) is 2.08. The molecule has 1 atom stereocenters. The van der Waals surface area contributed by atoms with E-state index in [0.29, 0.717) is 17.1 Å². The molecule has 2 rings (SSSR count). The van der Waals surface area contributed by atoms with Crippen LogP contribution < -0.4 is 11.1 Å². The van der Waals surface area contributed by atoms with Crippen LogP contribution in [0.25, 0.3) is 0 Å². The molecule has 1 aromatic heterocycles. The van der Waals surface area contributed by atoms with Gasteiger partial charge in [-0.15, -0.1) is 11.8 Å². The summed E-state index contributed by atoms with van der Waals surface area (Å²) in [6.45, 7) is 0.716. The molecule has 0 saturated carbocycles. The molecule has 5 heteroatoms. The Hall–Kier alpha value is -0.450. The molecule has 0 aliphatic carbocycles. The quantitative estimate of drug-likeness (QED) is 0.775. The molecule has 1 aromatic rings. The van der Waals surface area contributed by atoms with Crippen LogP contribution in [0.4, 0.5) is 5.82 Å². The van der Waals surface area contributed by atoms with E-state index in [0.717, 1.165) is 18.0 Å². The van der Waals surface area contributed by atoms with E-state index in [1.807, 2.05) is 23.9 Å². The number of halogens is 1. The van der Waals surface area contributed by atoms with Crippen LogP contribution in [0, 0.1) is 0 Å². The van der Waals surface area contributed by atoms with E-state index in [2.05, 4.69) is 10.3 Å². The number of fused-ring (bicyclic) bond motifs is 1. The third kappa shape index (κ3) is 2.13. The summed E-state index contributed by atoms with van der Waals surface area (Å²) in [5.74, 6) is 1.89. The fourth-order valence-electron chi connectivity index (χ4n) is 1.47.